The lowest BCUT2D eigenvalue weighted by atomic mass is 10.1. The molecule has 2 unspecified atom stereocenters. The highest BCUT2D eigenvalue weighted by Gasteiger charge is 2.31. The number of hydrogen-bond acceptors (Lipinski definition) is 5. The molecule has 1 saturated heterocycles. The first-order valence-electron chi connectivity index (χ1n) is 7.10. The molecule has 1 aliphatic heterocycles. The molecule has 1 N–H and O–H groups in total. The normalized spacial score (nSPS) is 26.5. The van der Waals surface area contributed by atoms with E-state index in [0.717, 1.165) is 30.5 Å². The van der Waals surface area contributed by atoms with E-state index in [9.17, 15) is 0 Å². The van der Waals surface area contributed by atoms with Gasteiger partial charge in [-0.1, -0.05) is 0 Å². The zero-order valence-corrected chi connectivity index (χ0v) is 11.9. The fourth-order valence-corrected chi connectivity index (χ4v) is 2.68. The van der Waals surface area contributed by atoms with Gasteiger partial charge in [0.15, 0.2) is 0 Å². The lowest BCUT2D eigenvalue weighted by Gasteiger charge is -2.28. The van der Waals surface area contributed by atoms with Crippen molar-refractivity contribution in [3.8, 4) is 0 Å². The summed E-state index contributed by atoms with van der Waals surface area (Å²) in [5, 5.41) is 3.14. The molecule has 0 aromatic carbocycles. The van der Waals surface area contributed by atoms with E-state index in [4.69, 9.17) is 9.72 Å². The molecule has 19 heavy (non-hydrogen) atoms. The second-order valence-corrected chi connectivity index (χ2v) is 5.54. The van der Waals surface area contributed by atoms with Gasteiger partial charge in [0.2, 0.25) is 0 Å². The predicted molar refractivity (Wildman–Crippen MR) is 75.8 cm³/mol. The third kappa shape index (κ3) is 2.52. The van der Waals surface area contributed by atoms with Crippen LogP contribution in [-0.2, 0) is 4.74 Å². The summed E-state index contributed by atoms with van der Waals surface area (Å²) in [5.74, 6) is 3.46. The smallest absolute Gasteiger partial charge is 0.136 e. The van der Waals surface area contributed by atoms with Crippen molar-refractivity contribution in [3.63, 3.8) is 0 Å². The van der Waals surface area contributed by atoms with Crippen molar-refractivity contribution in [1.82, 2.24) is 9.97 Å². The van der Waals surface area contributed by atoms with Crippen molar-refractivity contribution in [2.24, 2.45) is 0 Å². The van der Waals surface area contributed by atoms with Crippen molar-refractivity contribution in [3.05, 3.63) is 11.9 Å². The van der Waals surface area contributed by atoms with E-state index in [0.29, 0.717) is 12.0 Å². The molecular formula is C14H22N4O. The maximum absolute atomic E-state index is 5.65. The Morgan fingerprint density at radius 3 is 2.68 bits per heavy atom. The van der Waals surface area contributed by atoms with Crippen LogP contribution in [0.3, 0.4) is 0 Å². The monoisotopic (exact) mass is 262 g/mol. The Morgan fingerprint density at radius 1 is 1.32 bits per heavy atom. The van der Waals surface area contributed by atoms with Crippen LogP contribution in [-0.4, -0.2) is 42.8 Å². The van der Waals surface area contributed by atoms with Crippen LogP contribution in [0.15, 0.2) is 6.07 Å². The predicted octanol–water partition coefficient (Wildman–Crippen LogP) is 2.01. The highest BCUT2D eigenvalue weighted by atomic mass is 16.5. The third-order valence-electron chi connectivity index (χ3n) is 4.12. The molecule has 104 valence electrons. The summed E-state index contributed by atoms with van der Waals surface area (Å²) in [7, 11) is 4.01. The van der Waals surface area contributed by atoms with E-state index in [1.54, 1.807) is 0 Å². The van der Waals surface area contributed by atoms with Crippen molar-refractivity contribution in [2.75, 3.05) is 30.9 Å². The Balaban J connectivity index is 1.87. The summed E-state index contributed by atoms with van der Waals surface area (Å²) in [6, 6.07) is 2.43. The van der Waals surface area contributed by atoms with E-state index in [1.165, 1.54) is 12.8 Å². The molecule has 2 heterocycles. The van der Waals surface area contributed by atoms with E-state index in [-0.39, 0.29) is 6.10 Å². The van der Waals surface area contributed by atoms with Gasteiger partial charge >= 0.3 is 0 Å². The number of hydrogen-bond donors (Lipinski definition) is 1. The molecule has 0 amide bonds. The average Bonchev–Trinajstić information content (AvgIpc) is 3.20. The van der Waals surface area contributed by atoms with Gasteiger partial charge in [0, 0.05) is 32.7 Å². The molecule has 1 aliphatic carbocycles. The van der Waals surface area contributed by atoms with Gasteiger partial charge in [-0.25, -0.2) is 9.97 Å². The highest BCUT2D eigenvalue weighted by molar-refractivity contribution is 5.50. The maximum atomic E-state index is 5.65. The maximum Gasteiger partial charge on any atom is 0.136 e. The van der Waals surface area contributed by atoms with Crippen LogP contribution >= 0.6 is 0 Å². The molecule has 2 fully saturated rings. The lowest BCUT2D eigenvalue weighted by molar-refractivity contribution is 0.118. The van der Waals surface area contributed by atoms with E-state index < -0.39 is 0 Å². The van der Waals surface area contributed by atoms with Crippen LogP contribution in [0.2, 0.25) is 0 Å². The van der Waals surface area contributed by atoms with Crippen molar-refractivity contribution < 1.29 is 4.74 Å². The third-order valence-corrected chi connectivity index (χ3v) is 4.12. The van der Waals surface area contributed by atoms with Crippen molar-refractivity contribution >= 4 is 11.6 Å². The standard InChI is InChI=1S/C14H22N4O/c1-9-11(6-7-19-9)18(3)13-8-12(15-2)16-14(17-13)10-4-5-10/h8-11H,4-7H2,1-3H3,(H,15,16,17). The fraction of sp³-hybridized carbons (Fsp3) is 0.714. The van der Waals surface area contributed by atoms with Crippen LogP contribution in [0.4, 0.5) is 11.6 Å². The molecule has 0 bridgehead atoms. The molecule has 5 heteroatoms. The number of ether oxygens (including phenoxy) is 1. The Hall–Kier alpha value is -1.36. The Labute approximate surface area is 114 Å². The van der Waals surface area contributed by atoms with Crippen molar-refractivity contribution in [2.45, 2.75) is 44.2 Å². The summed E-state index contributed by atoms with van der Waals surface area (Å²) >= 11 is 0. The summed E-state index contributed by atoms with van der Waals surface area (Å²) in [5.41, 5.74) is 0. The van der Waals surface area contributed by atoms with Gasteiger partial charge in [-0.2, -0.15) is 0 Å². The van der Waals surface area contributed by atoms with Gasteiger partial charge in [0.05, 0.1) is 12.1 Å². The van der Waals surface area contributed by atoms with E-state index in [1.807, 2.05) is 13.1 Å². The quantitative estimate of drug-likeness (QED) is 0.899. The molecule has 2 aliphatic rings. The summed E-state index contributed by atoms with van der Waals surface area (Å²) < 4.78 is 5.65. The van der Waals surface area contributed by atoms with Crippen LogP contribution < -0.4 is 10.2 Å². The zero-order valence-electron chi connectivity index (χ0n) is 11.9. The Kier molecular flexibility index (Phi) is 3.31. The van der Waals surface area contributed by atoms with Gasteiger partial charge < -0.3 is 15.0 Å². The van der Waals surface area contributed by atoms with E-state index in [2.05, 4.69) is 29.2 Å². The second kappa shape index (κ2) is 4.96. The van der Waals surface area contributed by atoms with Gasteiger partial charge in [-0.05, 0) is 26.2 Å². The number of likely N-dealkylation sites (N-methyl/N-ethyl adjacent to an activating group) is 1. The van der Waals surface area contributed by atoms with Crippen LogP contribution in [0.5, 0.6) is 0 Å². The molecule has 1 saturated carbocycles. The summed E-state index contributed by atoms with van der Waals surface area (Å²) in [4.78, 5) is 11.5. The lowest BCUT2D eigenvalue weighted by Crippen LogP contribution is -2.37. The van der Waals surface area contributed by atoms with Crippen LogP contribution in [0, 0.1) is 0 Å². The second-order valence-electron chi connectivity index (χ2n) is 5.54. The average molecular weight is 262 g/mol. The molecule has 3 rings (SSSR count). The first-order valence-corrected chi connectivity index (χ1v) is 7.10. The largest absolute Gasteiger partial charge is 0.376 e. The Bertz CT molecular complexity index is 461. The van der Waals surface area contributed by atoms with Crippen LogP contribution in [0.1, 0.15) is 37.9 Å². The van der Waals surface area contributed by atoms with E-state index >= 15 is 0 Å². The minimum absolute atomic E-state index is 0.266. The number of nitrogens with one attached hydrogen (secondary N) is 1. The molecule has 1 aromatic rings. The first-order chi connectivity index (χ1) is 9.19. The van der Waals surface area contributed by atoms with Crippen molar-refractivity contribution in [1.29, 1.82) is 0 Å². The van der Waals surface area contributed by atoms with Gasteiger partial charge in [0.1, 0.15) is 17.5 Å². The highest BCUT2D eigenvalue weighted by Crippen LogP contribution is 2.39. The molecular weight excluding hydrogens is 240 g/mol. The Morgan fingerprint density at radius 2 is 2.11 bits per heavy atom. The number of rotatable bonds is 4. The molecule has 0 spiro atoms. The zero-order chi connectivity index (χ0) is 13.4. The molecule has 0 radical (unpaired) electrons. The molecule has 1 aromatic heterocycles. The minimum atomic E-state index is 0.266. The van der Waals surface area contributed by atoms with Crippen LogP contribution in [0.25, 0.3) is 0 Å². The molecule has 2 atom stereocenters. The first kappa shape index (κ1) is 12.7. The van der Waals surface area contributed by atoms with Gasteiger partial charge in [0.25, 0.3) is 0 Å². The fourth-order valence-electron chi connectivity index (χ4n) is 2.68. The number of nitrogens with zero attached hydrogens (tertiary/aromatic N) is 3. The number of aromatic nitrogens is 2. The summed E-state index contributed by atoms with van der Waals surface area (Å²) in [6.45, 7) is 2.98. The van der Waals surface area contributed by atoms with Gasteiger partial charge in [-0.3, -0.25) is 0 Å². The minimum Gasteiger partial charge on any atom is -0.376 e. The topological polar surface area (TPSA) is 50.3 Å². The number of anilines is 2. The SMILES string of the molecule is CNc1cc(N(C)C2CCOC2C)nc(C2CC2)n1. The van der Waals surface area contributed by atoms with Gasteiger partial charge in [-0.15, -0.1) is 0 Å². The summed E-state index contributed by atoms with van der Waals surface area (Å²) in [6.07, 6.45) is 3.77. The molecule has 5 nitrogen and oxygen atoms in total.